The summed E-state index contributed by atoms with van der Waals surface area (Å²) < 4.78 is 5.86. The van der Waals surface area contributed by atoms with Crippen LogP contribution >= 0.6 is 0 Å². The Hall–Kier alpha value is -2.44. The number of hydrogen-bond donors (Lipinski definition) is 3. The number of nitrogens with one attached hydrogen (secondary N) is 1. The number of unbranched alkanes of at least 4 members (excludes halogenated alkanes) is 34. The van der Waals surface area contributed by atoms with Crippen molar-refractivity contribution < 1.29 is 24.5 Å². The summed E-state index contributed by atoms with van der Waals surface area (Å²) in [6.07, 6.45) is 71.9. The molecule has 3 N–H and O–H groups in total. The van der Waals surface area contributed by atoms with Gasteiger partial charge in [0.1, 0.15) is 6.10 Å². The SMILES string of the molecule is CC/C=C/C/C=C/C/C=C/C/C=C/C/C=C/C(CC(=O)NC(CO)C(O)CCCCCCCCCCCCCCCCCCC)OC(=O)CCCCCCCCCCCCCCCCCCCCC. The number of aliphatic hydroxyl groups is 2. The van der Waals surface area contributed by atoms with Gasteiger partial charge >= 0.3 is 5.97 Å². The first-order valence-electron chi connectivity index (χ1n) is 30.0. The Bertz CT molecular complexity index is 1220. The van der Waals surface area contributed by atoms with Crippen LogP contribution in [-0.4, -0.2) is 46.9 Å². The number of carbonyl (C=O) groups is 2. The molecule has 6 heteroatoms. The fraction of sp³-hybridized carbons (Fsp3) is 0.810. The van der Waals surface area contributed by atoms with E-state index >= 15 is 0 Å². The molecular weight excluding hydrogens is 851 g/mol. The average molecular weight is 967 g/mol. The first-order chi connectivity index (χ1) is 34.0. The van der Waals surface area contributed by atoms with Gasteiger partial charge in [0.25, 0.3) is 0 Å². The minimum absolute atomic E-state index is 0.0437. The predicted molar refractivity (Wildman–Crippen MR) is 301 cm³/mol. The third-order valence-electron chi connectivity index (χ3n) is 13.6. The number of hydrogen-bond acceptors (Lipinski definition) is 5. The molecule has 0 bridgehead atoms. The Morgan fingerprint density at radius 3 is 1.10 bits per heavy atom. The standard InChI is InChI=1S/C63H115NO5/c1-4-7-10-13-16-19-22-25-28-30-31-33-35-38-41-44-47-50-53-56-63(68)69-59(54-51-48-45-42-39-36-27-24-21-18-15-12-9-6-3)57-62(67)64-60(58-65)61(66)55-52-49-46-43-40-37-34-32-29-26-23-20-17-14-11-8-5-2/h9,12,18,21,27,36,42,45,51,54,59-61,65-66H,4-8,10-11,13-17,19-20,22-26,28-35,37-41,43-44,46-50,52-53,55-58H2,1-3H3,(H,64,67)/b12-9+,21-18+,36-27+,45-42+,54-51+. The second-order valence-electron chi connectivity index (χ2n) is 20.4. The monoisotopic (exact) mass is 966 g/mol. The molecule has 0 rings (SSSR count). The number of ether oxygens (including phenoxy) is 1. The lowest BCUT2D eigenvalue weighted by Crippen LogP contribution is -2.46. The number of aliphatic hydroxyl groups excluding tert-OH is 2. The fourth-order valence-corrected chi connectivity index (χ4v) is 9.10. The predicted octanol–water partition coefficient (Wildman–Crippen LogP) is 18.7. The van der Waals surface area contributed by atoms with E-state index < -0.39 is 18.2 Å². The lowest BCUT2D eigenvalue weighted by Gasteiger charge is -2.23. The highest BCUT2D eigenvalue weighted by molar-refractivity contribution is 5.78. The van der Waals surface area contributed by atoms with Crippen LogP contribution in [0.25, 0.3) is 0 Å². The Morgan fingerprint density at radius 2 is 0.754 bits per heavy atom. The number of allylic oxidation sites excluding steroid dienone is 9. The van der Waals surface area contributed by atoms with E-state index in [1.165, 1.54) is 193 Å². The van der Waals surface area contributed by atoms with E-state index in [9.17, 15) is 19.8 Å². The van der Waals surface area contributed by atoms with Crippen molar-refractivity contribution in [2.75, 3.05) is 6.61 Å². The van der Waals surface area contributed by atoms with E-state index in [0.29, 0.717) is 19.3 Å². The first kappa shape index (κ1) is 66.6. The van der Waals surface area contributed by atoms with Gasteiger partial charge in [-0.15, -0.1) is 0 Å². The van der Waals surface area contributed by atoms with Gasteiger partial charge in [0.2, 0.25) is 5.91 Å². The summed E-state index contributed by atoms with van der Waals surface area (Å²) in [5, 5.41) is 23.8. The van der Waals surface area contributed by atoms with Crippen LogP contribution in [0.1, 0.15) is 303 Å². The molecular formula is C63H115NO5. The summed E-state index contributed by atoms with van der Waals surface area (Å²) >= 11 is 0. The molecule has 0 aliphatic heterocycles. The van der Waals surface area contributed by atoms with E-state index in [4.69, 9.17) is 4.74 Å². The molecule has 402 valence electrons. The van der Waals surface area contributed by atoms with Crippen LogP contribution < -0.4 is 5.32 Å². The molecule has 0 aliphatic rings. The lowest BCUT2D eigenvalue weighted by atomic mass is 10.0. The highest BCUT2D eigenvalue weighted by Crippen LogP contribution is 2.18. The Kier molecular flexibility index (Phi) is 54.5. The van der Waals surface area contributed by atoms with E-state index in [0.717, 1.165) is 64.2 Å². The molecule has 0 aliphatic carbocycles. The minimum atomic E-state index is -0.820. The topological polar surface area (TPSA) is 95.9 Å². The van der Waals surface area contributed by atoms with E-state index in [2.05, 4.69) is 74.7 Å². The Balaban J connectivity index is 4.57. The van der Waals surface area contributed by atoms with Crippen molar-refractivity contribution in [3.63, 3.8) is 0 Å². The van der Waals surface area contributed by atoms with Crippen molar-refractivity contribution in [2.45, 2.75) is 322 Å². The molecule has 3 unspecified atom stereocenters. The fourth-order valence-electron chi connectivity index (χ4n) is 9.10. The average Bonchev–Trinajstić information content (AvgIpc) is 3.34. The van der Waals surface area contributed by atoms with Gasteiger partial charge in [-0.25, -0.2) is 0 Å². The molecule has 0 aromatic heterocycles. The third kappa shape index (κ3) is 51.7. The minimum Gasteiger partial charge on any atom is -0.458 e. The van der Waals surface area contributed by atoms with Crippen LogP contribution in [0.3, 0.4) is 0 Å². The first-order valence-corrected chi connectivity index (χ1v) is 30.0. The summed E-state index contributed by atoms with van der Waals surface area (Å²) in [6, 6.07) is -0.743. The molecule has 0 aromatic rings. The van der Waals surface area contributed by atoms with Crippen molar-refractivity contribution in [1.29, 1.82) is 0 Å². The van der Waals surface area contributed by atoms with E-state index in [1.54, 1.807) is 0 Å². The Morgan fingerprint density at radius 1 is 0.435 bits per heavy atom. The van der Waals surface area contributed by atoms with Gasteiger partial charge in [0.05, 0.1) is 25.2 Å². The largest absolute Gasteiger partial charge is 0.458 e. The van der Waals surface area contributed by atoms with Crippen molar-refractivity contribution in [3.8, 4) is 0 Å². The van der Waals surface area contributed by atoms with Crippen LogP contribution in [0.15, 0.2) is 60.8 Å². The quantitative estimate of drug-likeness (QED) is 0.0321. The summed E-state index contributed by atoms with van der Waals surface area (Å²) in [4.78, 5) is 26.2. The van der Waals surface area contributed by atoms with Gasteiger partial charge in [-0.2, -0.15) is 0 Å². The molecule has 6 nitrogen and oxygen atoms in total. The number of carbonyl (C=O) groups excluding carboxylic acids is 2. The summed E-state index contributed by atoms with van der Waals surface area (Å²) in [5.74, 6) is -0.615. The summed E-state index contributed by atoms with van der Waals surface area (Å²) in [5.41, 5.74) is 0. The second kappa shape index (κ2) is 56.5. The second-order valence-corrected chi connectivity index (χ2v) is 20.4. The number of esters is 1. The van der Waals surface area contributed by atoms with Gasteiger partial charge in [-0.05, 0) is 51.0 Å². The zero-order valence-corrected chi connectivity index (χ0v) is 45.9. The van der Waals surface area contributed by atoms with E-state index in [-0.39, 0.29) is 24.9 Å². The molecule has 0 heterocycles. The molecule has 69 heavy (non-hydrogen) atoms. The van der Waals surface area contributed by atoms with Crippen LogP contribution in [0, 0.1) is 0 Å². The summed E-state index contributed by atoms with van der Waals surface area (Å²) in [6.45, 7) is 6.37. The maximum absolute atomic E-state index is 13.2. The van der Waals surface area contributed by atoms with Crippen LogP contribution in [0.5, 0.6) is 0 Å². The van der Waals surface area contributed by atoms with Gasteiger partial charge < -0.3 is 20.3 Å². The van der Waals surface area contributed by atoms with Gasteiger partial charge in [0, 0.05) is 6.42 Å². The van der Waals surface area contributed by atoms with Gasteiger partial charge in [-0.3, -0.25) is 9.59 Å². The zero-order valence-electron chi connectivity index (χ0n) is 45.9. The van der Waals surface area contributed by atoms with Crippen molar-refractivity contribution in [1.82, 2.24) is 5.32 Å². The van der Waals surface area contributed by atoms with E-state index in [1.807, 2.05) is 12.2 Å². The molecule has 0 aromatic carbocycles. The van der Waals surface area contributed by atoms with Gasteiger partial charge in [0.15, 0.2) is 0 Å². The Labute approximate surface area is 428 Å². The van der Waals surface area contributed by atoms with Gasteiger partial charge in [-0.1, -0.05) is 300 Å². The van der Waals surface area contributed by atoms with Crippen LogP contribution in [-0.2, 0) is 14.3 Å². The highest BCUT2D eigenvalue weighted by Gasteiger charge is 2.23. The van der Waals surface area contributed by atoms with Crippen molar-refractivity contribution >= 4 is 11.9 Å². The lowest BCUT2D eigenvalue weighted by molar-refractivity contribution is -0.148. The molecule has 0 saturated carbocycles. The van der Waals surface area contributed by atoms with Crippen LogP contribution in [0.2, 0.25) is 0 Å². The number of rotatable bonds is 54. The maximum atomic E-state index is 13.2. The summed E-state index contributed by atoms with van der Waals surface area (Å²) in [7, 11) is 0. The molecule has 0 saturated heterocycles. The smallest absolute Gasteiger partial charge is 0.306 e. The highest BCUT2D eigenvalue weighted by atomic mass is 16.5. The van der Waals surface area contributed by atoms with Crippen LogP contribution in [0.4, 0.5) is 0 Å². The molecule has 0 spiro atoms. The molecule has 3 atom stereocenters. The van der Waals surface area contributed by atoms with Crippen molar-refractivity contribution in [3.05, 3.63) is 60.8 Å². The molecule has 0 fully saturated rings. The third-order valence-corrected chi connectivity index (χ3v) is 13.6. The number of amides is 1. The normalized spacial score (nSPS) is 13.5. The molecule has 0 radical (unpaired) electrons. The zero-order chi connectivity index (χ0) is 50.2. The van der Waals surface area contributed by atoms with Crippen molar-refractivity contribution in [2.24, 2.45) is 0 Å². The maximum Gasteiger partial charge on any atom is 0.306 e. The molecule has 1 amide bonds.